The third kappa shape index (κ3) is 3.26. The lowest BCUT2D eigenvalue weighted by Crippen LogP contribution is -2.35. The van der Waals surface area contributed by atoms with Gasteiger partial charge in [-0.05, 0) is 36.1 Å². The maximum absolute atomic E-state index is 6.05. The van der Waals surface area contributed by atoms with Crippen molar-refractivity contribution in [3.05, 3.63) is 52.0 Å². The molecule has 2 aromatic heterocycles. The van der Waals surface area contributed by atoms with E-state index in [0.29, 0.717) is 12.5 Å². The molecule has 0 N–H and O–H groups in total. The SMILES string of the molecule is Cc1ccsc1CN1C[C@@H]2COC[C@]2(COCc2ccccn2)C1. The maximum Gasteiger partial charge on any atom is 0.0888 e. The summed E-state index contributed by atoms with van der Waals surface area (Å²) in [6, 6.07) is 8.17. The second kappa shape index (κ2) is 6.92. The molecule has 4 rings (SSSR count). The molecule has 2 atom stereocenters. The number of hydrogen-bond acceptors (Lipinski definition) is 5. The Kier molecular flexibility index (Phi) is 4.68. The first kappa shape index (κ1) is 16.2. The first-order valence-corrected chi connectivity index (χ1v) is 9.44. The number of likely N-dealkylation sites (tertiary alicyclic amines) is 1. The summed E-state index contributed by atoms with van der Waals surface area (Å²) in [6.07, 6.45) is 1.82. The first-order chi connectivity index (χ1) is 11.8. The smallest absolute Gasteiger partial charge is 0.0888 e. The van der Waals surface area contributed by atoms with E-state index in [1.807, 2.05) is 35.7 Å². The topological polar surface area (TPSA) is 34.6 Å². The van der Waals surface area contributed by atoms with Crippen molar-refractivity contribution in [1.82, 2.24) is 9.88 Å². The number of rotatable bonds is 6. The van der Waals surface area contributed by atoms with Crippen molar-refractivity contribution >= 4 is 11.3 Å². The van der Waals surface area contributed by atoms with E-state index < -0.39 is 0 Å². The lowest BCUT2D eigenvalue weighted by atomic mass is 9.82. The highest BCUT2D eigenvalue weighted by Crippen LogP contribution is 2.42. The minimum atomic E-state index is 0.153. The molecule has 4 nitrogen and oxygen atoms in total. The summed E-state index contributed by atoms with van der Waals surface area (Å²) in [7, 11) is 0. The largest absolute Gasteiger partial charge is 0.380 e. The fourth-order valence-electron chi connectivity index (χ4n) is 3.88. The average molecular weight is 344 g/mol. The lowest BCUT2D eigenvalue weighted by molar-refractivity contribution is 0.0171. The summed E-state index contributed by atoms with van der Waals surface area (Å²) in [5, 5.41) is 2.19. The minimum Gasteiger partial charge on any atom is -0.380 e. The summed E-state index contributed by atoms with van der Waals surface area (Å²) >= 11 is 1.87. The van der Waals surface area contributed by atoms with E-state index in [1.165, 1.54) is 10.4 Å². The molecular weight excluding hydrogens is 320 g/mol. The van der Waals surface area contributed by atoms with E-state index in [0.717, 1.165) is 45.1 Å². The van der Waals surface area contributed by atoms with Crippen LogP contribution in [0.15, 0.2) is 35.8 Å². The van der Waals surface area contributed by atoms with Gasteiger partial charge in [-0.25, -0.2) is 0 Å². The lowest BCUT2D eigenvalue weighted by Gasteiger charge is -2.27. The van der Waals surface area contributed by atoms with Crippen LogP contribution in [0.4, 0.5) is 0 Å². The number of aromatic nitrogens is 1. The van der Waals surface area contributed by atoms with Crippen LogP contribution in [0.2, 0.25) is 0 Å². The number of ether oxygens (including phenoxy) is 2. The van der Waals surface area contributed by atoms with Gasteiger partial charge < -0.3 is 9.47 Å². The Hall–Kier alpha value is -1.27. The van der Waals surface area contributed by atoms with E-state index in [2.05, 4.69) is 28.3 Å². The summed E-state index contributed by atoms with van der Waals surface area (Å²) in [4.78, 5) is 8.40. The maximum atomic E-state index is 6.05. The van der Waals surface area contributed by atoms with Gasteiger partial charge in [0.15, 0.2) is 0 Å². The van der Waals surface area contributed by atoms with Crippen molar-refractivity contribution in [2.45, 2.75) is 20.1 Å². The molecule has 0 radical (unpaired) electrons. The normalized spacial score (nSPS) is 26.8. The third-order valence-electron chi connectivity index (χ3n) is 5.29. The van der Waals surface area contributed by atoms with Crippen LogP contribution in [-0.2, 0) is 22.6 Å². The van der Waals surface area contributed by atoms with Gasteiger partial charge in [-0.15, -0.1) is 11.3 Å². The highest BCUT2D eigenvalue weighted by Gasteiger charge is 2.50. The molecule has 2 saturated heterocycles. The average Bonchev–Trinajstić information content (AvgIpc) is 3.24. The molecule has 0 bridgehead atoms. The van der Waals surface area contributed by atoms with Crippen molar-refractivity contribution < 1.29 is 9.47 Å². The van der Waals surface area contributed by atoms with Gasteiger partial charge in [0.25, 0.3) is 0 Å². The number of pyridine rings is 1. The van der Waals surface area contributed by atoms with E-state index >= 15 is 0 Å². The number of aryl methyl sites for hydroxylation is 1. The standard InChI is InChI=1S/C19H24N2O2S/c1-15-5-7-24-18(15)9-21-8-16-10-22-13-19(16,12-21)14-23-11-17-4-2-3-6-20-17/h2-7,16H,8-14H2,1H3/t16-,19+/m1/s1. The van der Waals surface area contributed by atoms with Crippen LogP contribution in [0.25, 0.3) is 0 Å². The molecule has 2 aliphatic rings. The van der Waals surface area contributed by atoms with Crippen LogP contribution in [0.3, 0.4) is 0 Å². The van der Waals surface area contributed by atoms with Gasteiger partial charge in [0.1, 0.15) is 0 Å². The van der Waals surface area contributed by atoms with Gasteiger partial charge in [0.2, 0.25) is 0 Å². The summed E-state index contributed by atoms with van der Waals surface area (Å²) in [5.74, 6) is 0.585. The van der Waals surface area contributed by atoms with Crippen molar-refractivity contribution in [1.29, 1.82) is 0 Å². The predicted molar refractivity (Wildman–Crippen MR) is 95.0 cm³/mol. The molecular formula is C19H24N2O2S. The van der Waals surface area contributed by atoms with E-state index in [-0.39, 0.29) is 5.41 Å². The second-order valence-electron chi connectivity index (χ2n) is 7.08. The second-order valence-corrected chi connectivity index (χ2v) is 8.09. The zero-order valence-corrected chi connectivity index (χ0v) is 14.9. The van der Waals surface area contributed by atoms with Crippen LogP contribution in [-0.4, -0.2) is 42.8 Å². The first-order valence-electron chi connectivity index (χ1n) is 8.56. The summed E-state index contributed by atoms with van der Waals surface area (Å²) in [5.41, 5.74) is 2.56. The highest BCUT2D eigenvalue weighted by atomic mass is 32.1. The van der Waals surface area contributed by atoms with Gasteiger partial charge in [-0.2, -0.15) is 0 Å². The molecule has 0 aliphatic carbocycles. The number of nitrogens with zero attached hydrogens (tertiary/aromatic N) is 2. The number of fused-ring (bicyclic) bond motifs is 1. The van der Waals surface area contributed by atoms with Crippen molar-refractivity contribution in [3.63, 3.8) is 0 Å². The monoisotopic (exact) mass is 344 g/mol. The molecule has 0 saturated carbocycles. The predicted octanol–water partition coefficient (Wildman–Crippen LogP) is 3.12. The number of thiophene rings is 1. The van der Waals surface area contributed by atoms with Crippen molar-refractivity contribution in [2.75, 3.05) is 32.9 Å². The molecule has 0 unspecified atom stereocenters. The Labute approximate surface area is 147 Å². The van der Waals surface area contributed by atoms with Crippen LogP contribution in [0.5, 0.6) is 0 Å². The van der Waals surface area contributed by atoms with Gasteiger partial charge in [0, 0.05) is 42.0 Å². The minimum absolute atomic E-state index is 0.153. The molecule has 2 fully saturated rings. The van der Waals surface area contributed by atoms with Gasteiger partial charge in [0.05, 0.1) is 32.1 Å². The fraction of sp³-hybridized carbons (Fsp3) is 0.526. The van der Waals surface area contributed by atoms with Gasteiger partial charge in [-0.1, -0.05) is 6.07 Å². The third-order valence-corrected chi connectivity index (χ3v) is 6.30. The summed E-state index contributed by atoms with van der Waals surface area (Å²) in [6.45, 7) is 8.47. The van der Waals surface area contributed by atoms with Crippen LogP contribution >= 0.6 is 11.3 Å². The molecule has 128 valence electrons. The van der Waals surface area contributed by atoms with Crippen LogP contribution < -0.4 is 0 Å². The van der Waals surface area contributed by atoms with Gasteiger partial charge in [-0.3, -0.25) is 9.88 Å². The van der Waals surface area contributed by atoms with Crippen LogP contribution in [0.1, 0.15) is 16.1 Å². The molecule has 0 aromatic carbocycles. The molecule has 2 aliphatic heterocycles. The Morgan fingerprint density at radius 2 is 2.38 bits per heavy atom. The van der Waals surface area contributed by atoms with Gasteiger partial charge >= 0.3 is 0 Å². The molecule has 5 heteroatoms. The molecule has 0 spiro atoms. The van der Waals surface area contributed by atoms with E-state index in [1.54, 1.807) is 0 Å². The Morgan fingerprint density at radius 1 is 1.42 bits per heavy atom. The molecule has 4 heterocycles. The zero-order valence-electron chi connectivity index (χ0n) is 14.1. The zero-order chi connectivity index (χ0) is 16.4. The fourth-order valence-corrected chi connectivity index (χ4v) is 4.83. The summed E-state index contributed by atoms with van der Waals surface area (Å²) < 4.78 is 11.9. The van der Waals surface area contributed by atoms with E-state index in [9.17, 15) is 0 Å². The quantitative estimate of drug-likeness (QED) is 0.806. The molecule has 24 heavy (non-hydrogen) atoms. The van der Waals surface area contributed by atoms with Crippen molar-refractivity contribution in [3.8, 4) is 0 Å². The Morgan fingerprint density at radius 3 is 3.17 bits per heavy atom. The van der Waals surface area contributed by atoms with Crippen molar-refractivity contribution in [2.24, 2.45) is 11.3 Å². The van der Waals surface area contributed by atoms with E-state index in [4.69, 9.17) is 9.47 Å². The Balaban J connectivity index is 1.37. The number of hydrogen-bond donors (Lipinski definition) is 0. The highest BCUT2D eigenvalue weighted by molar-refractivity contribution is 7.10. The molecule has 0 amide bonds. The Bertz CT molecular complexity index is 675. The van der Waals surface area contributed by atoms with Crippen LogP contribution in [0, 0.1) is 18.3 Å². The molecule has 2 aromatic rings.